The van der Waals surface area contributed by atoms with Crippen LogP contribution in [0.25, 0.3) is 0 Å². The molecule has 14 heavy (non-hydrogen) atoms. The highest BCUT2D eigenvalue weighted by atomic mass is 16.3. The Hall–Kier alpha value is -0.370. The molecule has 2 aliphatic carbocycles. The largest absolute Gasteiger partial charge is 0.389 e. The van der Waals surface area contributed by atoms with Crippen molar-refractivity contribution >= 4 is 5.78 Å². The molecule has 3 atom stereocenters. The molecule has 2 fully saturated rings. The predicted molar refractivity (Wildman–Crippen MR) is 54.9 cm³/mol. The van der Waals surface area contributed by atoms with Gasteiger partial charge >= 0.3 is 0 Å². The first-order chi connectivity index (χ1) is 6.64. The Balaban J connectivity index is 2.21. The Bertz CT molecular complexity index is 234. The van der Waals surface area contributed by atoms with E-state index in [0.717, 1.165) is 38.5 Å². The SMILES string of the molecule is CC(=O)[C@H]1CCC[C@H]2CCCC[C@@]21O. The van der Waals surface area contributed by atoms with Gasteiger partial charge in [-0.15, -0.1) is 0 Å². The Morgan fingerprint density at radius 1 is 1.21 bits per heavy atom. The fourth-order valence-corrected chi connectivity index (χ4v) is 3.48. The number of carbonyl (C=O) groups excluding carboxylic acids is 1. The number of Topliss-reactive ketones (excluding diaryl/α,β-unsaturated/α-hetero) is 1. The van der Waals surface area contributed by atoms with Crippen LogP contribution in [0.2, 0.25) is 0 Å². The van der Waals surface area contributed by atoms with Gasteiger partial charge in [0, 0.05) is 5.92 Å². The zero-order chi connectivity index (χ0) is 10.2. The second-order valence-corrected chi connectivity index (χ2v) is 5.03. The van der Waals surface area contributed by atoms with Crippen LogP contribution in [-0.4, -0.2) is 16.5 Å². The first kappa shape index (κ1) is 10.2. The lowest BCUT2D eigenvalue weighted by atomic mass is 9.61. The van der Waals surface area contributed by atoms with E-state index in [1.807, 2.05) is 0 Å². The number of rotatable bonds is 1. The van der Waals surface area contributed by atoms with Gasteiger partial charge < -0.3 is 5.11 Å². The third-order valence-electron chi connectivity index (χ3n) is 4.23. The molecule has 0 amide bonds. The molecule has 0 aromatic heterocycles. The number of carbonyl (C=O) groups is 1. The Morgan fingerprint density at radius 3 is 2.64 bits per heavy atom. The van der Waals surface area contributed by atoms with E-state index < -0.39 is 5.60 Å². The summed E-state index contributed by atoms with van der Waals surface area (Å²) >= 11 is 0. The molecule has 2 rings (SSSR count). The minimum atomic E-state index is -0.637. The van der Waals surface area contributed by atoms with Crippen LogP contribution in [-0.2, 0) is 4.79 Å². The Labute approximate surface area is 85.7 Å². The van der Waals surface area contributed by atoms with E-state index in [1.54, 1.807) is 6.92 Å². The van der Waals surface area contributed by atoms with Gasteiger partial charge in [0.15, 0.2) is 0 Å². The van der Waals surface area contributed by atoms with Crippen molar-refractivity contribution in [1.29, 1.82) is 0 Å². The maximum absolute atomic E-state index is 11.5. The third kappa shape index (κ3) is 1.50. The van der Waals surface area contributed by atoms with Crippen LogP contribution in [0.1, 0.15) is 51.9 Å². The summed E-state index contributed by atoms with van der Waals surface area (Å²) in [6, 6.07) is 0. The first-order valence-corrected chi connectivity index (χ1v) is 5.87. The predicted octanol–water partition coefficient (Wildman–Crippen LogP) is 2.30. The molecule has 2 nitrogen and oxygen atoms in total. The molecular weight excluding hydrogens is 176 g/mol. The summed E-state index contributed by atoms with van der Waals surface area (Å²) in [5, 5.41) is 10.6. The number of aliphatic hydroxyl groups is 1. The maximum atomic E-state index is 11.5. The lowest BCUT2D eigenvalue weighted by Gasteiger charge is -2.48. The number of hydrogen-bond acceptors (Lipinski definition) is 2. The highest BCUT2D eigenvalue weighted by Crippen LogP contribution is 2.47. The molecule has 0 aromatic rings. The van der Waals surface area contributed by atoms with Crippen LogP contribution >= 0.6 is 0 Å². The van der Waals surface area contributed by atoms with Crippen molar-refractivity contribution in [3.63, 3.8) is 0 Å². The zero-order valence-electron chi connectivity index (χ0n) is 8.96. The topological polar surface area (TPSA) is 37.3 Å². The van der Waals surface area contributed by atoms with Crippen molar-refractivity contribution in [2.24, 2.45) is 11.8 Å². The van der Waals surface area contributed by atoms with Gasteiger partial charge in [-0.25, -0.2) is 0 Å². The van der Waals surface area contributed by atoms with Gasteiger partial charge in [-0.1, -0.05) is 19.3 Å². The number of fused-ring (bicyclic) bond motifs is 1. The van der Waals surface area contributed by atoms with E-state index in [-0.39, 0.29) is 11.7 Å². The molecule has 80 valence electrons. The van der Waals surface area contributed by atoms with E-state index in [1.165, 1.54) is 6.42 Å². The fraction of sp³-hybridized carbons (Fsp3) is 0.917. The van der Waals surface area contributed by atoms with E-state index >= 15 is 0 Å². The Kier molecular flexibility index (Phi) is 2.65. The number of ketones is 1. The molecule has 0 heterocycles. The average molecular weight is 196 g/mol. The van der Waals surface area contributed by atoms with Gasteiger partial charge in [0.25, 0.3) is 0 Å². The fourth-order valence-electron chi connectivity index (χ4n) is 3.48. The summed E-state index contributed by atoms with van der Waals surface area (Å²) in [6.45, 7) is 1.64. The lowest BCUT2D eigenvalue weighted by molar-refractivity contribution is -0.149. The van der Waals surface area contributed by atoms with Crippen LogP contribution in [0.3, 0.4) is 0 Å². The molecule has 0 radical (unpaired) electrons. The minimum absolute atomic E-state index is 0.0680. The van der Waals surface area contributed by atoms with Crippen molar-refractivity contribution in [3.8, 4) is 0 Å². The van der Waals surface area contributed by atoms with Crippen molar-refractivity contribution in [2.75, 3.05) is 0 Å². The molecule has 0 saturated heterocycles. The molecule has 0 aromatic carbocycles. The molecule has 2 heteroatoms. The van der Waals surface area contributed by atoms with Crippen LogP contribution in [0.15, 0.2) is 0 Å². The van der Waals surface area contributed by atoms with Gasteiger partial charge in [0.2, 0.25) is 0 Å². The van der Waals surface area contributed by atoms with Gasteiger partial charge in [-0.2, -0.15) is 0 Å². The minimum Gasteiger partial charge on any atom is -0.389 e. The first-order valence-electron chi connectivity index (χ1n) is 5.87. The van der Waals surface area contributed by atoms with Crippen LogP contribution in [0.5, 0.6) is 0 Å². The second-order valence-electron chi connectivity index (χ2n) is 5.03. The zero-order valence-corrected chi connectivity index (χ0v) is 8.96. The van der Waals surface area contributed by atoms with E-state index in [0.29, 0.717) is 5.92 Å². The summed E-state index contributed by atoms with van der Waals surface area (Å²) in [5.41, 5.74) is -0.637. The smallest absolute Gasteiger partial charge is 0.135 e. The third-order valence-corrected chi connectivity index (χ3v) is 4.23. The van der Waals surface area contributed by atoms with Crippen molar-refractivity contribution < 1.29 is 9.90 Å². The monoisotopic (exact) mass is 196 g/mol. The van der Waals surface area contributed by atoms with E-state index in [9.17, 15) is 9.90 Å². The van der Waals surface area contributed by atoms with Crippen LogP contribution in [0.4, 0.5) is 0 Å². The second kappa shape index (κ2) is 3.65. The number of hydrogen-bond donors (Lipinski definition) is 1. The molecule has 0 aliphatic heterocycles. The molecule has 0 bridgehead atoms. The summed E-state index contributed by atoms with van der Waals surface area (Å²) in [6.07, 6.45) is 7.45. The molecule has 2 aliphatic rings. The van der Waals surface area contributed by atoms with Crippen LogP contribution < -0.4 is 0 Å². The van der Waals surface area contributed by atoms with E-state index in [2.05, 4.69) is 0 Å². The summed E-state index contributed by atoms with van der Waals surface area (Å²) in [4.78, 5) is 11.5. The van der Waals surface area contributed by atoms with Gasteiger partial charge in [-0.3, -0.25) is 4.79 Å². The van der Waals surface area contributed by atoms with Crippen molar-refractivity contribution in [2.45, 2.75) is 57.5 Å². The summed E-state index contributed by atoms with van der Waals surface area (Å²) in [5.74, 6) is 0.527. The highest BCUT2D eigenvalue weighted by molar-refractivity contribution is 5.79. The Morgan fingerprint density at radius 2 is 1.93 bits per heavy atom. The molecule has 0 unspecified atom stereocenters. The maximum Gasteiger partial charge on any atom is 0.135 e. The van der Waals surface area contributed by atoms with Gasteiger partial charge in [-0.05, 0) is 38.5 Å². The summed E-state index contributed by atoms with van der Waals surface area (Å²) in [7, 11) is 0. The normalized spacial score (nSPS) is 43.0. The van der Waals surface area contributed by atoms with Crippen molar-refractivity contribution in [1.82, 2.24) is 0 Å². The average Bonchev–Trinajstić information content (AvgIpc) is 2.15. The summed E-state index contributed by atoms with van der Waals surface area (Å²) < 4.78 is 0. The highest BCUT2D eigenvalue weighted by Gasteiger charge is 2.48. The molecule has 2 saturated carbocycles. The molecule has 0 spiro atoms. The molecular formula is C12H20O2. The standard InChI is InChI=1S/C12H20O2/c1-9(13)11-7-4-6-10-5-2-3-8-12(10,11)14/h10-11,14H,2-8H2,1H3/t10-,11-,12-/m1/s1. The van der Waals surface area contributed by atoms with Gasteiger partial charge in [0.1, 0.15) is 5.78 Å². The van der Waals surface area contributed by atoms with Crippen molar-refractivity contribution in [3.05, 3.63) is 0 Å². The quantitative estimate of drug-likeness (QED) is 0.698. The van der Waals surface area contributed by atoms with Gasteiger partial charge in [0.05, 0.1) is 5.60 Å². The molecule has 1 N–H and O–H groups in total. The van der Waals surface area contributed by atoms with Crippen LogP contribution in [0, 0.1) is 11.8 Å². The lowest BCUT2D eigenvalue weighted by Crippen LogP contribution is -2.52. The van der Waals surface area contributed by atoms with E-state index in [4.69, 9.17) is 0 Å².